The normalized spacial score (nSPS) is 14.1. The van der Waals surface area contributed by atoms with Gasteiger partial charge in [0.05, 0.1) is 6.54 Å². The van der Waals surface area contributed by atoms with Gasteiger partial charge >= 0.3 is 0 Å². The van der Waals surface area contributed by atoms with Crippen LogP contribution in [0.5, 0.6) is 0 Å². The molecule has 1 aromatic rings. The third-order valence-corrected chi connectivity index (χ3v) is 3.04. The second-order valence-corrected chi connectivity index (χ2v) is 5.18. The van der Waals surface area contributed by atoms with Crippen LogP contribution in [0, 0.1) is 11.6 Å². The zero-order valence-corrected chi connectivity index (χ0v) is 11.4. The third kappa shape index (κ3) is 3.73. The van der Waals surface area contributed by atoms with Gasteiger partial charge in [-0.05, 0) is 25.0 Å². The highest BCUT2D eigenvalue weighted by atomic mass is 79.9. The van der Waals surface area contributed by atoms with Crippen molar-refractivity contribution in [3.8, 4) is 0 Å². The van der Waals surface area contributed by atoms with Gasteiger partial charge in [0.1, 0.15) is 17.2 Å². The van der Waals surface area contributed by atoms with Crippen LogP contribution in [-0.4, -0.2) is 24.4 Å². The van der Waals surface area contributed by atoms with E-state index in [4.69, 9.17) is 0 Å². The van der Waals surface area contributed by atoms with Crippen molar-refractivity contribution in [3.05, 3.63) is 33.8 Å². The van der Waals surface area contributed by atoms with Gasteiger partial charge in [0.2, 0.25) is 5.91 Å². The van der Waals surface area contributed by atoms with E-state index in [0.717, 1.165) is 25.0 Å². The van der Waals surface area contributed by atoms with Gasteiger partial charge in [0, 0.05) is 10.5 Å². The quantitative estimate of drug-likeness (QED) is 0.882. The maximum atomic E-state index is 13.5. The first kappa shape index (κ1) is 13.9. The molecule has 0 saturated heterocycles. The molecule has 0 heterocycles. The number of amides is 2. The van der Waals surface area contributed by atoms with E-state index in [1.165, 1.54) is 0 Å². The highest BCUT2D eigenvalue weighted by molar-refractivity contribution is 9.10. The summed E-state index contributed by atoms with van der Waals surface area (Å²) in [7, 11) is 0. The van der Waals surface area contributed by atoms with Crippen LogP contribution in [0.15, 0.2) is 16.6 Å². The second-order valence-electron chi connectivity index (χ2n) is 4.27. The Bertz CT molecular complexity index is 509. The molecule has 102 valence electrons. The molecule has 1 saturated carbocycles. The average Bonchev–Trinajstić information content (AvgIpc) is 3.08. The molecular weight excluding hydrogens is 322 g/mol. The van der Waals surface area contributed by atoms with Crippen molar-refractivity contribution in [1.29, 1.82) is 0 Å². The standard InChI is InChI=1S/C12H11BrF2N2O2/c13-6-3-8(14)11(9(15)4-6)12(19)16-5-10(18)17-7-1-2-7/h3-4,7H,1-2,5H2,(H,16,19)(H,17,18). The molecule has 1 aliphatic carbocycles. The van der Waals surface area contributed by atoms with Crippen molar-refractivity contribution in [2.45, 2.75) is 18.9 Å². The summed E-state index contributed by atoms with van der Waals surface area (Å²) in [6.45, 7) is -0.301. The van der Waals surface area contributed by atoms with E-state index in [-0.39, 0.29) is 23.0 Å². The van der Waals surface area contributed by atoms with E-state index < -0.39 is 23.1 Å². The molecule has 1 aromatic carbocycles. The summed E-state index contributed by atoms with van der Waals surface area (Å²) >= 11 is 2.92. The van der Waals surface area contributed by atoms with Gasteiger partial charge < -0.3 is 10.6 Å². The molecule has 0 unspecified atom stereocenters. The minimum absolute atomic E-state index is 0.172. The summed E-state index contributed by atoms with van der Waals surface area (Å²) < 4.78 is 27.1. The number of hydrogen-bond acceptors (Lipinski definition) is 2. The fraction of sp³-hybridized carbons (Fsp3) is 0.333. The molecule has 0 aromatic heterocycles. The molecule has 2 rings (SSSR count). The average molecular weight is 333 g/mol. The highest BCUT2D eigenvalue weighted by Crippen LogP contribution is 2.19. The number of carbonyl (C=O) groups excluding carboxylic acids is 2. The van der Waals surface area contributed by atoms with Crippen molar-refractivity contribution < 1.29 is 18.4 Å². The van der Waals surface area contributed by atoms with E-state index in [2.05, 4.69) is 26.6 Å². The topological polar surface area (TPSA) is 58.2 Å². The Hall–Kier alpha value is -1.50. The van der Waals surface area contributed by atoms with Crippen LogP contribution in [0.25, 0.3) is 0 Å². The lowest BCUT2D eigenvalue weighted by Crippen LogP contribution is -2.38. The Balaban J connectivity index is 1.97. The first-order valence-corrected chi connectivity index (χ1v) is 6.49. The summed E-state index contributed by atoms with van der Waals surface area (Å²) in [5, 5.41) is 4.84. The minimum Gasteiger partial charge on any atom is -0.352 e. The zero-order chi connectivity index (χ0) is 14.0. The van der Waals surface area contributed by atoms with E-state index in [9.17, 15) is 18.4 Å². The van der Waals surface area contributed by atoms with Crippen LogP contribution >= 0.6 is 15.9 Å². The molecule has 0 aliphatic heterocycles. The second kappa shape index (κ2) is 5.64. The predicted molar refractivity (Wildman–Crippen MR) is 67.6 cm³/mol. The molecular formula is C12H11BrF2N2O2. The van der Waals surface area contributed by atoms with Crippen LogP contribution < -0.4 is 10.6 Å². The van der Waals surface area contributed by atoms with Gasteiger partial charge in [-0.2, -0.15) is 0 Å². The molecule has 0 atom stereocenters. The lowest BCUT2D eigenvalue weighted by atomic mass is 10.2. The van der Waals surface area contributed by atoms with E-state index in [1.807, 2.05) is 0 Å². The van der Waals surface area contributed by atoms with Crippen molar-refractivity contribution in [2.24, 2.45) is 0 Å². The van der Waals surface area contributed by atoms with Crippen LogP contribution in [-0.2, 0) is 4.79 Å². The largest absolute Gasteiger partial charge is 0.352 e. The first-order chi connectivity index (χ1) is 8.97. The SMILES string of the molecule is O=C(CNC(=O)c1c(F)cc(Br)cc1F)NC1CC1. The van der Waals surface area contributed by atoms with Crippen molar-refractivity contribution >= 4 is 27.7 Å². The maximum Gasteiger partial charge on any atom is 0.257 e. The Morgan fingerprint density at radius 3 is 2.37 bits per heavy atom. The van der Waals surface area contributed by atoms with Crippen LogP contribution in [0.1, 0.15) is 23.2 Å². The Labute approximate surface area is 116 Å². The summed E-state index contributed by atoms with van der Waals surface area (Å²) in [5.41, 5.74) is -0.692. The Morgan fingerprint density at radius 2 is 1.84 bits per heavy atom. The van der Waals surface area contributed by atoms with Crippen LogP contribution in [0.4, 0.5) is 8.78 Å². The zero-order valence-electron chi connectivity index (χ0n) is 9.80. The monoisotopic (exact) mass is 332 g/mol. The summed E-state index contributed by atoms with van der Waals surface area (Å²) in [6.07, 6.45) is 1.85. The van der Waals surface area contributed by atoms with Crippen molar-refractivity contribution in [3.63, 3.8) is 0 Å². The molecule has 2 N–H and O–H groups in total. The van der Waals surface area contributed by atoms with Crippen LogP contribution in [0.3, 0.4) is 0 Å². The minimum atomic E-state index is -0.980. The number of carbonyl (C=O) groups is 2. The fourth-order valence-electron chi connectivity index (χ4n) is 1.51. The lowest BCUT2D eigenvalue weighted by molar-refractivity contribution is -0.120. The molecule has 0 spiro atoms. The molecule has 0 bridgehead atoms. The molecule has 7 heteroatoms. The Kier molecular flexibility index (Phi) is 4.14. The number of benzene rings is 1. The number of hydrogen-bond donors (Lipinski definition) is 2. The van der Waals surface area contributed by atoms with Gasteiger partial charge in [0.25, 0.3) is 5.91 Å². The third-order valence-electron chi connectivity index (χ3n) is 2.59. The summed E-state index contributed by atoms with van der Waals surface area (Å²) in [5.74, 6) is -3.28. The van der Waals surface area contributed by atoms with Crippen LogP contribution in [0.2, 0.25) is 0 Å². The first-order valence-electron chi connectivity index (χ1n) is 5.69. The van der Waals surface area contributed by atoms with Gasteiger partial charge in [-0.25, -0.2) is 8.78 Å². The molecule has 1 fully saturated rings. The fourth-order valence-corrected chi connectivity index (χ4v) is 1.92. The molecule has 2 amide bonds. The number of rotatable bonds is 4. The summed E-state index contributed by atoms with van der Waals surface area (Å²) in [4.78, 5) is 22.9. The van der Waals surface area contributed by atoms with Gasteiger partial charge in [-0.3, -0.25) is 9.59 Å². The molecule has 19 heavy (non-hydrogen) atoms. The van der Waals surface area contributed by atoms with Crippen molar-refractivity contribution in [2.75, 3.05) is 6.54 Å². The van der Waals surface area contributed by atoms with Gasteiger partial charge in [-0.1, -0.05) is 15.9 Å². The predicted octanol–water partition coefficient (Wildman–Crippen LogP) is 1.74. The summed E-state index contributed by atoms with van der Waals surface area (Å²) in [6, 6.07) is 2.15. The van der Waals surface area contributed by atoms with E-state index in [0.29, 0.717) is 0 Å². The van der Waals surface area contributed by atoms with Gasteiger partial charge in [0.15, 0.2) is 0 Å². The number of nitrogens with one attached hydrogen (secondary N) is 2. The van der Waals surface area contributed by atoms with Gasteiger partial charge in [-0.15, -0.1) is 0 Å². The molecule has 4 nitrogen and oxygen atoms in total. The Morgan fingerprint density at radius 1 is 1.26 bits per heavy atom. The lowest BCUT2D eigenvalue weighted by Gasteiger charge is -2.08. The smallest absolute Gasteiger partial charge is 0.257 e. The molecule has 0 radical (unpaired) electrons. The molecule has 1 aliphatic rings. The number of halogens is 3. The van der Waals surface area contributed by atoms with Crippen molar-refractivity contribution in [1.82, 2.24) is 10.6 Å². The highest BCUT2D eigenvalue weighted by Gasteiger charge is 2.24. The van der Waals surface area contributed by atoms with E-state index in [1.54, 1.807) is 0 Å². The van der Waals surface area contributed by atoms with E-state index >= 15 is 0 Å². The maximum absolute atomic E-state index is 13.5.